The summed E-state index contributed by atoms with van der Waals surface area (Å²) in [5.41, 5.74) is 25.0. The lowest BCUT2D eigenvalue weighted by Gasteiger charge is -2.51. The van der Waals surface area contributed by atoms with Gasteiger partial charge >= 0.3 is 0 Å². The van der Waals surface area contributed by atoms with E-state index in [4.69, 9.17) is 0 Å². The van der Waals surface area contributed by atoms with E-state index < -0.39 is 0 Å². The predicted molar refractivity (Wildman–Crippen MR) is 327 cm³/mol. The highest BCUT2D eigenvalue weighted by Crippen LogP contribution is 2.62. The molecule has 4 heterocycles. The van der Waals surface area contributed by atoms with Gasteiger partial charge in [-0.05, 0) is 169 Å². The van der Waals surface area contributed by atoms with Gasteiger partial charge in [-0.25, -0.2) is 0 Å². The van der Waals surface area contributed by atoms with Crippen LogP contribution >= 0.6 is 0 Å². The van der Waals surface area contributed by atoms with Crippen molar-refractivity contribution < 1.29 is 0 Å². The summed E-state index contributed by atoms with van der Waals surface area (Å²) >= 11 is 0. The van der Waals surface area contributed by atoms with E-state index in [1.165, 1.54) is 119 Å². The Morgan fingerprint density at radius 2 is 1.04 bits per heavy atom. The zero-order chi connectivity index (χ0) is 53.5. The molecule has 1 fully saturated rings. The molecule has 4 aliphatic rings. The summed E-state index contributed by atoms with van der Waals surface area (Å²) in [6.45, 7) is 33.3. The molecule has 2 unspecified atom stereocenters. The van der Waals surface area contributed by atoms with Crippen LogP contribution in [0.3, 0.4) is 0 Å². The van der Waals surface area contributed by atoms with Gasteiger partial charge in [0.15, 0.2) is 0 Å². The maximum Gasteiger partial charge on any atom is 0.252 e. The maximum absolute atomic E-state index is 4.57. The summed E-state index contributed by atoms with van der Waals surface area (Å²) in [5, 5.41) is 0. The first-order valence-corrected chi connectivity index (χ1v) is 28.2. The molecule has 0 N–H and O–H groups in total. The van der Waals surface area contributed by atoms with Gasteiger partial charge in [0.25, 0.3) is 6.71 Å². The smallest absolute Gasteiger partial charge is 0.252 e. The molecular weight excluding hydrogens is 920 g/mol. The number of pyridine rings is 1. The molecule has 1 saturated carbocycles. The Morgan fingerprint density at radius 3 is 1.72 bits per heavy atom. The number of fused-ring (bicyclic) bond motifs is 7. The SMILES string of the molecule is CC(C)(C)c1cccc(N2c3cc(C(C)(C)C)ccc3B3c4cc(C(C)(C)C)ccc4N(c4ccc(C(C)(C)C)cc4-c4ccccc4)c4cc(N5c6ccc(-c7cccnc7)cc6C6(C)CCCCC56C)cc2c43)c1. The molecule has 76 heavy (non-hydrogen) atoms. The molecule has 0 bridgehead atoms. The Labute approximate surface area is 455 Å². The minimum Gasteiger partial charge on any atom is -0.334 e. The molecule has 0 spiro atoms. The average Bonchev–Trinajstić information content (AvgIpc) is 3.71. The van der Waals surface area contributed by atoms with E-state index in [0.717, 1.165) is 18.4 Å². The lowest BCUT2D eigenvalue weighted by molar-refractivity contribution is 0.195. The van der Waals surface area contributed by atoms with E-state index in [1.54, 1.807) is 0 Å². The van der Waals surface area contributed by atoms with Gasteiger partial charge < -0.3 is 14.7 Å². The van der Waals surface area contributed by atoms with Crippen LogP contribution < -0.4 is 31.1 Å². The number of aromatic nitrogens is 1. The van der Waals surface area contributed by atoms with E-state index in [1.807, 2.05) is 12.4 Å². The molecule has 0 radical (unpaired) electrons. The molecule has 0 saturated heterocycles. The highest BCUT2D eigenvalue weighted by molar-refractivity contribution is 7.00. The zero-order valence-corrected chi connectivity index (χ0v) is 47.8. The van der Waals surface area contributed by atoms with Gasteiger partial charge in [0.1, 0.15) is 0 Å². The van der Waals surface area contributed by atoms with Crippen LogP contribution in [0.15, 0.2) is 164 Å². The fraction of sp³-hybridized carbons (Fsp3) is 0.338. The molecule has 7 aromatic carbocycles. The highest BCUT2D eigenvalue weighted by atomic mass is 15.3. The molecule has 8 aromatic rings. The largest absolute Gasteiger partial charge is 0.334 e. The van der Waals surface area contributed by atoms with Crippen LogP contribution in [-0.4, -0.2) is 17.2 Å². The zero-order valence-electron chi connectivity index (χ0n) is 47.8. The van der Waals surface area contributed by atoms with Crippen molar-refractivity contribution >= 4 is 68.6 Å². The van der Waals surface area contributed by atoms with Crippen molar-refractivity contribution in [2.24, 2.45) is 0 Å². The van der Waals surface area contributed by atoms with Crippen LogP contribution in [0.25, 0.3) is 22.3 Å². The van der Waals surface area contributed by atoms with Gasteiger partial charge in [-0.3, -0.25) is 4.98 Å². The second-order valence-electron chi connectivity index (χ2n) is 27.3. The topological polar surface area (TPSA) is 22.6 Å². The number of hydrogen-bond donors (Lipinski definition) is 0. The molecule has 2 atom stereocenters. The van der Waals surface area contributed by atoms with Gasteiger partial charge in [-0.15, -0.1) is 0 Å². The Morgan fingerprint density at radius 1 is 0.434 bits per heavy atom. The maximum atomic E-state index is 4.57. The normalized spacial score (nSPS) is 19.0. The third-order valence-corrected chi connectivity index (χ3v) is 18.3. The van der Waals surface area contributed by atoms with Gasteiger partial charge in [-0.2, -0.15) is 0 Å². The quantitative estimate of drug-likeness (QED) is 0.160. The number of benzene rings is 7. The molecule has 0 amide bonds. The summed E-state index contributed by atoms with van der Waals surface area (Å²) in [6, 6.07) is 59.6. The van der Waals surface area contributed by atoms with Crippen molar-refractivity contribution in [2.75, 3.05) is 14.7 Å². The summed E-state index contributed by atoms with van der Waals surface area (Å²) in [5.74, 6) is 0. The van der Waals surface area contributed by atoms with E-state index in [0.29, 0.717) is 0 Å². The van der Waals surface area contributed by atoms with Crippen molar-refractivity contribution in [3.63, 3.8) is 0 Å². The van der Waals surface area contributed by atoms with Crippen LogP contribution in [0, 0.1) is 0 Å². The highest BCUT2D eigenvalue weighted by Gasteiger charge is 2.58. The van der Waals surface area contributed by atoms with Gasteiger partial charge in [0.2, 0.25) is 0 Å². The van der Waals surface area contributed by atoms with Crippen molar-refractivity contribution in [3.05, 3.63) is 192 Å². The minimum atomic E-state index is -0.201. The Bertz CT molecular complexity index is 3590. The minimum absolute atomic E-state index is 0.0314. The standard InChI is InChI=1S/C71H77BN4/c1-66(2,3)49-25-20-26-53(39-49)74-62-42-52(69(10,11)12)28-31-57(62)72-58-41-51(68(7,8)9)30-34-61(58)75(59-33-29-50(67(4,5)6)40-55(59)46-22-16-15-17-23-46)64-44-54(43-63(74)65(64)72)76-60-32-27-47(48-24-21-37-73-45-48)38-56(60)70(13)35-18-19-36-71(70,76)14/h15-17,20-34,37-45H,18-19,35-36H2,1-14H3. The molecule has 3 aliphatic heterocycles. The van der Waals surface area contributed by atoms with E-state index in [9.17, 15) is 0 Å². The van der Waals surface area contributed by atoms with Crippen LogP contribution in [0.2, 0.25) is 0 Å². The first-order valence-electron chi connectivity index (χ1n) is 28.2. The Balaban J connectivity index is 1.23. The summed E-state index contributed by atoms with van der Waals surface area (Å²) < 4.78 is 0. The van der Waals surface area contributed by atoms with Crippen LogP contribution in [-0.2, 0) is 27.1 Å². The van der Waals surface area contributed by atoms with Crippen LogP contribution in [0.4, 0.5) is 45.5 Å². The molecule has 1 aromatic heterocycles. The monoisotopic (exact) mass is 997 g/mol. The first kappa shape index (κ1) is 50.0. The Hall–Kier alpha value is -6.85. The summed E-state index contributed by atoms with van der Waals surface area (Å²) in [4.78, 5) is 12.7. The van der Waals surface area contributed by atoms with E-state index >= 15 is 0 Å². The molecule has 12 rings (SSSR count). The van der Waals surface area contributed by atoms with Crippen LogP contribution in [0.5, 0.6) is 0 Å². The third-order valence-electron chi connectivity index (χ3n) is 18.3. The predicted octanol–water partition coefficient (Wildman–Crippen LogP) is 17.4. The van der Waals surface area contributed by atoms with Crippen molar-refractivity contribution in [1.82, 2.24) is 4.98 Å². The van der Waals surface area contributed by atoms with E-state index in [-0.39, 0.29) is 39.3 Å². The number of hydrogen-bond acceptors (Lipinski definition) is 4. The molecule has 5 heteroatoms. The summed E-state index contributed by atoms with van der Waals surface area (Å²) in [6.07, 6.45) is 8.53. The lowest BCUT2D eigenvalue weighted by atomic mass is 9.33. The molecular formula is C71H77BN4. The Kier molecular flexibility index (Phi) is 11.4. The summed E-state index contributed by atoms with van der Waals surface area (Å²) in [7, 11) is 0. The number of rotatable bonds is 5. The number of anilines is 8. The molecule has 1 aliphatic carbocycles. The number of nitrogens with zero attached hydrogens (tertiary/aromatic N) is 4. The molecule has 384 valence electrons. The van der Waals surface area contributed by atoms with Gasteiger partial charge in [0.05, 0.1) is 11.2 Å². The van der Waals surface area contributed by atoms with Crippen molar-refractivity contribution in [2.45, 2.75) is 155 Å². The second kappa shape index (κ2) is 17.3. The van der Waals surface area contributed by atoms with E-state index in [2.05, 4.69) is 268 Å². The molecule has 4 nitrogen and oxygen atoms in total. The van der Waals surface area contributed by atoms with Crippen molar-refractivity contribution in [1.29, 1.82) is 0 Å². The fourth-order valence-corrected chi connectivity index (χ4v) is 13.6. The van der Waals surface area contributed by atoms with Crippen molar-refractivity contribution in [3.8, 4) is 22.3 Å². The lowest BCUT2D eigenvalue weighted by Crippen LogP contribution is -2.62. The van der Waals surface area contributed by atoms with Gasteiger partial charge in [0, 0.05) is 63.2 Å². The average molecular weight is 997 g/mol. The van der Waals surface area contributed by atoms with Crippen LogP contribution in [0.1, 0.15) is 150 Å². The second-order valence-corrected chi connectivity index (χ2v) is 27.3. The first-order chi connectivity index (χ1) is 36.0. The van der Waals surface area contributed by atoms with Gasteiger partial charge in [-0.1, -0.05) is 188 Å². The fourth-order valence-electron chi connectivity index (χ4n) is 13.6. The third kappa shape index (κ3) is 7.88.